The van der Waals surface area contributed by atoms with Crippen LogP contribution in [0.3, 0.4) is 0 Å². The molecule has 0 aliphatic carbocycles. The zero-order valence-electron chi connectivity index (χ0n) is 18.8. The number of likely N-dealkylation sites (tertiary alicyclic amines) is 1. The number of esters is 1. The van der Waals surface area contributed by atoms with E-state index >= 15 is 0 Å². The van der Waals surface area contributed by atoms with Crippen molar-refractivity contribution in [3.8, 4) is 0 Å². The summed E-state index contributed by atoms with van der Waals surface area (Å²) < 4.78 is 5.47. The zero-order valence-corrected chi connectivity index (χ0v) is 19.6. The Morgan fingerprint density at radius 2 is 1.81 bits per heavy atom. The fourth-order valence-electron chi connectivity index (χ4n) is 4.55. The molecule has 2 aliphatic rings. The van der Waals surface area contributed by atoms with Gasteiger partial charge in [0, 0.05) is 18.1 Å². The van der Waals surface area contributed by atoms with Crippen LogP contribution in [0.1, 0.15) is 44.1 Å². The van der Waals surface area contributed by atoms with Gasteiger partial charge in [-0.25, -0.2) is 0 Å². The lowest BCUT2D eigenvalue weighted by Crippen LogP contribution is -2.45. The lowest BCUT2D eigenvalue weighted by Gasteiger charge is -2.39. The highest BCUT2D eigenvalue weighted by atomic mass is 35.5. The average Bonchev–Trinajstić information content (AvgIpc) is 2.79. The quantitative estimate of drug-likeness (QED) is 0.650. The van der Waals surface area contributed by atoms with E-state index in [9.17, 15) is 19.8 Å². The summed E-state index contributed by atoms with van der Waals surface area (Å²) in [5.41, 5.74) is 0.212. The number of benzene rings is 1. The van der Waals surface area contributed by atoms with E-state index < -0.39 is 17.6 Å². The first-order chi connectivity index (χ1) is 15.3. The highest BCUT2D eigenvalue weighted by Crippen LogP contribution is 2.38. The molecule has 1 aromatic rings. The molecule has 32 heavy (non-hydrogen) atoms. The third kappa shape index (κ3) is 6.44. The van der Waals surface area contributed by atoms with Crippen molar-refractivity contribution in [2.24, 2.45) is 5.41 Å². The van der Waals surface area contributed by atoms with Crippen molar-refractivity contribution in [2.45, 2.75) is 57.2 Å². The van der Waals surface area contributed by atoms with Gasteiger partial charge in [-0.05, 0) is 63.9 Å². The van der Waals surface area contributed by atoms with E-state index in [1.807, 2.05) is 25.2 Å². The van der Waals surface area contributed by atoms with E-state index in [0.717, 1.165) is 44.3 Å². The predicted molar refractivity (Wildman–Crippen MR) is 122 cm³/mol. The first-order valence-corrected chi connectivity index (χ1v) is 11.9. The summed E-state index contributed by atoms with van der Waals surface area (Å²) in [7, 11) is 2.04. The van der Waals surface area contributed by atoms with Crippen LogP contribution in [0.25, 0.3) is 0 Å². The first kappa shape index (κ1) is 25.0. The lowest BCUT2D eigenvalue weighted by atomic mass is 9.74. The molecular weight excluding hydrogens is 432 g/mol. The van der Waals surface area contributed by atoms with Crippen LogP contribution in [-0.4, -0.2) is 83.9 Å². The molecule has 2 atom stereocenters. The van der Waals surface area contributed by atoms with E-state index in [2.05, 4.69) is 4.90 Å². The number of hydrogen-bond donors (Lipinski definition) is 2. The Labute approximate surface area is 195 Å². The number of aliphatic hydroxyl groups is 2. The number of amides is 1. The van der Waals surface area contributed by atoms with Gasteiger partial charge in [0.15, 0.2) is 0 Å². The van der Waals surface area contributed by atoms with E-state index in [-0.39, 0.29) is 31.3 Å². The predicted octanol–water partition coefficient (Wildman–Crippen LogP) is 2.26. The Hall–Kier alpha value is -1.67. The Bertz CT molecular complexity index is 781. The second-order valence-corrected chi connectivity index (χ2v) is 9.62. The molecule has 1 aromatic carbocycles. The fourth-order valence-corrected chi connectivity index (χ4v) is 4.75. The molecule has 0 bridgehead atoms. The maximum Gasteiger partial charge on any atom is 0.312 e. The van der Waals surface area contributed by atoms with Crippen LogP contribution >= 0.6 is 11.6 Å². The summed E-state index contributed by atoms with van der Waals surface area (Å²) in [5.74, 6) is -0.334. The number of nitrogens with zero attached hydrogens (tertiary/aromatic N) is 2. The minimum atomic E-state index is -1.18. The summed E-state index contributed by atoms with van der Waals surface area (Å²) in [4.78, 5) is 29.9. The Morgan fingerprint density at radius 1 is 1.09 bits per heavy atom. The lowest BCUT2D eigenvalue weighted by molar-refractivity contribution is -0.164. The van der Waals surface area contributed by atoms with Crippen molar-refractivity contribution in [1.82, 2.24) is 9.80 Å². The molecule has 178 valence electrons. The topological polar surface area (TPSA) is 90.3 Å². The summed E-state index contributed by atoms with van der Waals surface area (Å²) in [5, 5.41) is 21.3. The SMILES string of the molecule is CN1CCC2(CCCCN(C(=O)Cc3ccccc3Cl)CC[C@H](O)[C@H](O)COC2=O)CC1. The second-order valence-electron chi connectivity index (χ2n) is 9.21. The van der Waals surface area contributed by atoms with Crippen molar-refractivity contribution in [1.29, 1.82) is 0 Å². The van der Waals surface area contributed by atoms with Crippen LogP contribution in [0.4, 0.5) is 0 Å². The van der Waals surface area contributed by atoms with Gasteiger partial charge in [0.25, 0.3) is 0 Å². The maximum absolute atomic E-state index is 13.0. The Balaban J connectivity index is 1.70. The van der Waals surface area contributed by atoms with Gasteiger partial charge in [-0.1, -0.05) is 36.2 Å². The summed E-state index contributed by atoms with van der Waals surface area (Å²) in [6, 6.07) is 7.29. The molecule has 8 heteroatoms. The van der Waals surface area contributed by atoms with Crippen LogP contribution in [0.2, 0.25) is 5.02 Å². The molecule has 0 unspecified atom stereocenters. The molecule has 0 saturated carbocycles. The third-order valence-corrected chi connectivity index (χ3v) is 7.26. The Morgan fingerprint density at radius 3 is 2.53 bits per heavy atom. The molecule has 2 fully saturated rings. The van der Waals surface area contributed by atoms with E-state index in [1.165, 1.54) is 0 Å². The van der Waals surface area contributed by atoms with E-state index in [0.29, 0.717) is 24.5 Å². The molecule has 1 amide bonds. The van der Waals surface area contributed by atoms with Crippen molar-refractivity contribution < 1.29 is 24.5 Å². The van der Waals surface area contributed by atoms with E-state index in [4.69, 9.17) is 16.3 Å². The summed E-state index contributed by atoms with van der Waals surface area (Å²) >= 11 is 6.23. The van der Waals surface area contributed by atoms with Crippen molar-refractivity contribution in [3.63, 3.8) is 0 Å². The number of hydrogen-bond acceptors (Lipinski definition) is 6. The molecule has 0 radical (unpaired) electrons. The monoisotopic (exact) mass is 466 g/mol. The van der Waals surface area contributed by atoms with Crippen molar-refractivity contribution in [2.75, 3.05) is 39.8 Å². The largest absolute Gasteiger partial charge is 0.462 e. The molecule has 7 nitrogen and oxygen atoms in total. The number of carbonyl (C=O) groups is 2. The van der Waals surface area contributed by atoms with Gasteiger partial charge < -0.3 is 24.7 Å². The highest BCUT2D eigenvalue weighted by Gasteiger charge is 2.42. The first-order valence-electron chi connectivity index (χ1n) is 11.5. The van der Waals surface area contributed by atoms with Gasteiger partial charge in [0.2, 0.25) is 5.91 Å². The summed E-state index contributed by atoms with van der Waals surface area (Å²) in [6.45, 7) is 2.28. The number of ether oxygens (including phenoxy) is 1. The number of aliphatic hydroxyl groups excluding tert-OH is 2. The molecule has 2 aliphatic heterocycles. The van der Waals surface area contributed by atoms with Gasteiger partial charge >= 0.3 is 5.97 Å². The van der Waals surface area contributed by atoms with Crippen LogP contribution in [0.15, 0.2) is 24.3 Å². The van der Waals surface area contributed by atoms with Gasteiger partial charge in [-0.15, -0.1) is 0 Å². The molecule has 2 heterocycles. The maximum atomic E-state index is 13.0. The summed E-state index contributed by atoms with van der Waals surface area (Å²) in [6.07, 6.45) is 1.85. The molecule has 0 aromatic heterocycles. The van der Waals surface area contributed by atoms with Crippen molar-refractivity contribution >= 4 is 23.5 Å². The fraction of sp³-hybridized carbons (Fsp3) is 0.667. The van der Waals surface area contributed by atoms with E-state index in [1.54, 1.807) is 11.0 Å². The standard InChI is InChI=1S/C24H35ClN2O5/c1-26-14-10-24(11-15-26)9-4-5-12-27(13-8-20(28)21(29)17-32-23(24)31)22(30)16-18-6-2-3-7-19(18)25/h2-3,6-7,20-21,28-29H,4-5,8-17H2,1H3/t20-,21+/m0/s1. The van der Waals surface area contributed by atoms with Gasteiger partial charge in [0.05, 0.1) is 17.9 Å². The molecule has 3 rings (SSSR count). The molecule has 1 spiro atoms. The van der Waals surface area contributed by atoms with Crippen LogP contribution in [-0.2, 0) is 20.7 Å². The second kappa shape index (κ2) is 11.5. The number of halogens is 1. The number of rotatable bonds is 2. The number of piperidine rings is 1. The normalized spacial score (nSPS) is 26.0. The minimum Gasteiger partial charge on any atom is -0.462 e. The van der Waals surface area contributed by atoms with Crippen LogP contribution in [0, 0.1) is 5.41 Å². The molecule has 2 saturated heterocycles. The number of cyclic esters (lactones) is 1. The highest BCUT2D eigenvalue weighted by molar-refractivity contribution is 6.31. The molecular formula is C24H35ClN2O5. The smallest absolute Gasteiger partial charge is 0.312 e. The van der Waals surface area contributed by atoms with Crippen molar-refractivity contribution in [3.05, 3.63) is 34.9 Å². The van der Waals surface area contributed by atoms with Gasteiger partial charge in [-0.2, -0.15) is 0 Å². The Kier molecular flexibility index (Phi) is 8.94. The third-order valence-electron chi connectivity index (χ3n) is 6.89. The minimum absolute atomic E-state index is 0.0593. The van der Waals surface area contributed by atoms with Gasteiger partial charge in [0.1, 0.15) is 12.7 Å². The van der Waals surface area contributed by atoms with Crippen LogP contribution in [0.5, 0.6) is 0 Å². The van der Waals surface area contributed by atoms with Crippen LogP contribution < -0.4 is 0 Å². The average molecular weight is 467 g/mol. The van der Waals surface area contributed by atoms with Gasteiger partial charge in [-0.3, -0.25) is 9.59 Å². The number of carbonyl (C=O) groups excluding carboxylic acids is 2. The zero-order chi connectivity index (χ0) is 23.1. The molecule has 2 N–H and O–H groups in total.